The molecule has 3 rings (SSSR count). The number of nitrogens with one attached hydrogen (secondary N) is 2. The van der Waals surface area contributed by atoms with Gasteiger partial charge in [-0.1, -0.05) is 13.8 Å². The smallest absolute Gasteiger partial charge is 0.261 e. The molecular formula is C24H31N3O5S. The van der Waals surface area contributed by atoms with Gasteiger partial charge in [0, 0.05) is 24.3 Å². The highest BCUT2D eigenvalue weighted by atomic mass is 32.2. The van der Waals surface area contributed by atoms with Crippen LogP contribution in [0.5, 0.6) is 5.75 Å². The molecule has 1 atom stereocenters. The van der Waals surface area contributed by atoms with Crippen molar-refractivity contribution in [3.8, 4) is 5.75 Å². The van der Waals surface area contributed by atoms with Gasteiger partial charge in [0.2, 0.25) is 5.91 Å². The van der Waals surface area contributed by atoms with Crippen molar-refractivity contribution < 1.29 is 22.7 Å². The molecular weight excluding hydrogens is 442 g/mol. The van der Waals surface area contributed by atoms with Crippen molar-refractivity contribution in [3.05, 3.63) is 54.1 Å². The van der Waals surface area contributed by atoms with Gasteiger partial charge in [-0.15, -0.1) is 0 Å². The van der Waals surface area contributed by atoms with Crippen LogP contribution in [0.2, 0.25) is 0 Å². The summed E-state index contributed by atoms with van der Waals surface area (Å²) in [6.45, 7) is 5.31. The molecule has 2 N–H and O–H groups in total. The molecule has 0 saturated carbocycles. The van der Waals surface area contributed by atoms with E-state index in [2.05, 4.69) is 23.9 Å². The summed E-state index contributed by atoms with van der Waals surface area (Å²) in [5.41, 5.74) is 0.746. The zero-order chi connectivity index (χ0) is 24.0. The molecule has 0 aliphatic carbocycles. The third-order valence-electron chi connectivity index (χ3n) is 5.59. The van der Waals surface area contributed by atoms with Crippen LogP contribution in [0.1, 0.15) is 43.5 Å². The van der Waals surface area contributed by atoms with Crippen molar-refractivity contribution in [3.63, 3.8) is 0 Å². The number of nitrogens with zero attached hydrogens (tertiary/aromatic N) is 1. The number of hydrogen-bond donors (Lipinski definition) is 2. The molecule has 0 spiro atoms. The molecule has 2 aromatic rings. The second-order valence-electron chi connectivity index (χ2n) is 8.49. The second kappa shape index (κ2) is 10.7. The van der Waals surface area contributed by atoms with Gasteiger partial charge < -0.3 is 15.0 Å². The predicted octanol–water partition coefficient (Wildman–Crippen LogP) is 3.26. The highest BCUT2D eigenvalue weighted by Gasteiger charge is 2.34. The van der Waals surface area contributed by atoms with Crippen molar-refractivity contribution in [2.45, 2.75) is 44.0 Å². The Morgan fingerprint density at radius 2 is 1.76 bits per heavy atom. The number of carbonyl (C=O) groups excluding carboxylic acids is 2. The van der Waals surface area contributed by atoms with Gasteiger partial charge in [0.25, 0.3) is 15.9 Å². The summed E-state index contributed by atoms with van der Waals surface area (Å²) in [6, 6.07) is 11.8. The van der Waals surface area contributed by atoms with Gasteiger partial charge in [0.15, 0.2) is 0 Å². The molecule has 1 fully saturated rings. The Balaban J connectivity index is 1.65. The highest BCUT2D eigenvalue weighted by molar-refractivity contribution is 7.92. The minimum absolute atomic E-state index is 0.104. The van der Waals surface area contributed by atoms with E-state index in [4.69, 9.17) is 4.74 Å². The van der Waals surface area contributed by atoms with E-state index in [0.29, 0.717) is 42.4 Å². The summed E-state index contributed by atoms with van der Waals surface area (Å²) in [5.74, 6) is 0.698. The predicted molar refractivity (Wildman–Crippen MR) is 127 cm³/mol. The lowest BCUT2D eigenvalue weighted by Gasteiger charge is -2.24. The fraction of sp³-hybridized carbons (Fsp3) is 0.417. The van der Waals surface area contributed by atoms with Crippen LogP contribution < -0.4 is 14.8 Å². The molecule has 0 aromatic heterocycles. The van der Waals surface area contributed by atoms with Gasteiger partial charge in [-0.25, -0.2) is 8.42 Å². The third kappa shape index (κ3) is 6.25. The van der Waals surface area contributed by atoms with E-state index in [1.54, 1.807) is 41.3 Å². The maximum absolute atomic E-state index is 13.0. The summed E-state index contributed by atoms with van der Waals surface area (Å²) in [4.78, 5) is 27.3. The van der Waals surface area contributed by atoms with Crippen LogP contribution in [0.4, 0.5) is 5.69 Å². The summed E-state index contributed by atoms with van der Waals surface area (Å²) in [6.07, 6.45) is 2.30. The van der Waals surface area contributed by atoms with Crippen LogP contribution >= 0.6 is 0 Å². The van der Waals surface area contributed by atoms with Crippen LogP contribution in [-0.2, 0) is 14.8 Å². The Bertz CT molecular complexity index is 1070. The van der Waals surface area contributed by atoms with Crippen LogP contribution in [0.15, 0.2) is 53.4 Å². The van der Waals surface area contributed by atoms with Crippen molar-refractivity contribution in [2.75, 3.05) is 24.9 Å². The summed E-state index contributed by atoms with van der Waals surface area (Å²) < 4.78 is 32.8. The topological polar surface area (TPSA) is 105 Å². The fourth-order valence-electron chi connectivity index (χ4n) is 3.70. The maximum atomic E-state index is 13.0. The molecule has 2 aromatic carbocycles. The van der Waals surface area contributed by atoms with Crippen LogP contribution in [0.3, 0.4) is 0 Å². The highest BCUT2D eigenvalue weighted by Crippen LogP contribution is 2.23. The van der Waals surface area contributed by atoms with E-state index in [1.807, 2.05) is 0 Å². The van der Waals surface area contributed by atoms with Gasteiger partial charge in [0.1, 0.15) is 11.8 Å². The Morgan fingerprint density at radius 3 is 2.36 bits per heavy atom. The van der Waals surface area contributed by atoms with E-state index in [1.165, 1.54) is 19.2 Å². The minimum Gasteiger partial charge on any atom is -0.497 e. The van der Waals surface area contributed by atoms with Crippen LogP contribution in [-0.4, -0.2) is 51.4 Å². The monoisotopic (exact) mass is 473 g/mol. The molecule has 1 aliphatic rings. The molecule has 8 nitrogen and oxygen atoms in total. The van der Waals surface area contributed by atoms with E-state index in [0.717, 1.165) is 12.8 Å². The normalized spacial score (nSPS) is 16.0. The molecule has 1 saturated heterocycles. The van der Waals surface area contributed by atoms with Gasteiger partial charge in [0.05, 0.1) is 12.0 Å². The number of benzene rings is 2. The van der Waals surface area contributed by atoms with Crippen molar-refractivity contribution in [1.29, 1.82) is 0 Å². The minimum atomic E-state index is -3.78. The fourth-order valence-corrected chi connectivity index (χ4v) is 4.76. The number of ether oxygens (including phenoxy) is 1. The molecule has 0 radical (unpaired) electrons. The molecule has 33 heavy (non-hydrogen) atoms. The molecule has 178 valence electrons. The SMILES string of the molecule is COc1ccc(S(=O)(=O)Nc2ccc(C(=O)N3CCC[C@@H]3C(=O)NCCC(C)C)cc2)cc1. The number of carbonyl (C=O) groups is 2. The molecule has 1 heterocycles. The second-order valence-corrected chi connectivity index (χ2v) is 10.2. The zero-order valence-electron chi connectivity index (χ0n) is 19.2. The molecule has 2 amide bonds. The van der Waals surface area contributed by atoms with Gasteiger partial charge >= 0.3 is 0 Å². The van der Waals surface area contributed by atoms with Gasteiger partial charge in [-0.2, -0.15) is 0 Å². The number of anilines is 1. The lowest BCUT2D eigenvalue weighted by molar-refractivity contribution is -0.124. The first-order chi connectivity index (χ1) is 15.7. The van der Waals surface area contributed by atoms with Crippen molar-refractivity contribution in [1.82, 2.24) is 10.2 Å². The first-order valence-corrected chi connectivity index (χ1v) is 12.5. The third-order valence-corrected chi connectivity index (χ3v) is 6.99. The molecule has 9 heteroatoms. The Hall–Kier alpha value is -3.07. The number of sulfonamides is 1. The van der Waals surface area contributed by atoms with Crippen molar-refractivity contribution >= 4 is 27.5 Å². The van der Waals surface area contributed by atoms with E-state index >= 15 is 0 Å². The first kappa shape index (κ1) is 24.6. The summed E-state index contributed by atoms with van der Waals surface area (Å²) in [5, 5.41) is 2.93. The summed E-state index contributed by atoms with van der Waals surface area (Å²) in [7, 11) is -2.27. The van der Waals surface area contributed by atoms with Crippen molar-refractivity contribution in [2.24, 2.45) is 5.92 Å². The lowest BCUT2D eigenvalue weighted by atomic mass is 10.1. The average Bonchev–Trinajstić information content (AvgIpc) is 3.29. The summed E-state index contributed by atoms with van der Waals surface area (Å²) >= 11 is 0. The zero-order valence-corrected chi connectivity index (χ0v) is 20.0. The van der Waals surface area contributed by atoms with E-state index in [9.17, 15) is 18.0 Å². The standard InChI is InChI=1S/C24H31N3O5S/c1-17(2)14-15-25-23(28)22-5-4-16-27(22)24(29)18-6-8-19(9-7-18)26-33(30,31)21-12-10-20(32-3)11-13-21/h6-13,17,22,26H,4-5,14-16H2,1-3H3,(H,25,28)/t22-/m1/s1. The maximum Gasteiger partial charge on any atom is 0.261 e. The first-order valence-electron chi connectivity index (χ1n) is 11.1. The molecule has 0 bridgehead atoms. The Morgan fingerprint density at radius 1 is 1.09 bits per heavy atom. The van der Waals surface area contributed by atoms with Gasteiger partial charge in [-0.05, 0) is 73.7 Å². The van der Waals surface area contributed by atoms with Gasteiger partial charge in [-0.3, -0.25) is 14.3 Å². The Labute approximate surface area is 195 Å². The Kier molecular flexibility index (Phi) is 7.97. The van der Waals surface area contributed by atoms with Crippen LogP contribution in [0, 0.1) is 5.92 Å². The average molecular weight is 474 g/mol. The molecule has 1 aliphatic heterocycles. The molecule has 0 unspecified atom stereocenters. The largest absolute Gasteiger partial charge is 0.497 e. The number of likely N-dealkylation sites (tertiary alicyclic amines) is 1. The lowest BCUT2D eigenvalue weighted by Crippen LogP contribution is -2.46. The number of amides is 2. The quantitative estimate of drug-likeness (QED) is 0.582. The van der Waals surface area contributed by atoms with Crippen LogP contribution in [0.25, 0.3) is 0 Å². The number of hydrogen-bond acceptors (Lipinski definition) is 5. The number of methoxy groups -OCH3 is 1. The van der Waals surface area contributed by atoms with E-state index < -0.39 is 16.1 Å². The van der Waals surface area contributed by atoms with E-state index in [-0.39, 0.29) is 16.7 Å². The number of rotatable bonds is 9.